The third-order valence-electron chi connectivity index (χ3n) is 8.61. The van der Waals surface area contributed by atoms with Crippen LogP contribution >= 0.6 is 39.4 Å². The molecule has 0 amide bonds. The maximum atomic E-state index is 4.65. The van der Waals surface area contributed by atoms with Crippen LogP contribution in [0.2, 0.25) is 0 Å². The SMILES string of the molecule is C(=Nc1cccc(/N=C/c2ccc(SCCP(c3ccccc3)c3ccccc3)cc2)n1)c1ccc(SCCP(c2ccccc2)c2ccccc2)cc1. The van der Waals surface area contributed by atoms with Gasteiger partial charge in [-0.2, -0.15) is 0 Å². The molecule has 0 aliphatic heterocycles. The summed E-state index contributed by atoms with van der Waals surface area (Å²) >= 11 is 3.83. The van der Waals surface area contributed by atoms with Crippen molar-refractivity contribution in [2.75, 3.05) is 23.8 Å². The summed E-state index contributed by atoms with van der Waals surface area (Å²) in [5, 5.41) is 5.73. The Labute approximate surface area is 330 Å². The maximum Gasteiger partial charge on any atom is 0.154 e. The van der Waals surface area contributed by atoms with Crippen molar-refractivity contribution in [3.63, 3.8) is 0 Å². The summed E-state index contributed by atoms with van der Waals surface area (Å²) in [6.07, 6.45) is 6.01. The lowest BCUT2D eigenvalue weighted by Gasteiger charge is -2.18. The largest absolute Gasteiger partial charge is 0.236 e. The number of benzene rings is 6. The van der Waals surface area contributed by atoms with Gasteiger partial charge in [0.05, 0.1) is 0 Å². The number of aliphatic imine (C=N–C) groups is 2. The molecule has 3 nitrogen and oxygen atoms in total. The quantitative estimate of drug-likeness (QED) is 0.0558. The lowest BCUT2D eigenvalue weighted by molar-refractivity contribution is 1.24. The van der Waals surface area contributed by atoms with Crippen molar-refractivity contribution in [3.05, 3.63) is 199 Å². The van der Waals surface area contributed by atoms with Gasteiger partial charge in [-0.3, -0.25) is 0 Å². The number of rotatable bonds is 16. The third-order valence-corrected chi connectivity index (χ3v) is 16.3. The molecule has 0 aliphatic rings. The van der Waals surface area contributed by atoms with E-state index >= 15 is 0 Å². The standard InChI is InChI=1S/C47H41N3P2S2/c1-5-14-40(15-6-1)51(41-16-7-2-8-17-41)32-34-53-44-28-24-38(25-29-44)36-48-46-22-13-23-47(50-46)49-37-39-26-30-45(31-27-39)54-35-33-52(42-18-9-3-10-19-42)43-20-11-4-12-21-43/h1-31,36-37H,32-35H2/b48-36+,49-37?. The Morgan fingerprint density at radius 3 is 1.06 bits per heavy atom. The lowest BCUT2D eigenvalue weighted by atomic mass is 10.2. The zero-order valence-electron chi connectivity index (χ0n) is 29.9. The minimum atomic E-state index is -0.382. The fourth-order valence-corrected chi connectivity index (χ4v) is 13.0. The first-order valence-corrected chi connectivity index (χ1v) is 23.1. The monoisotopic (exact) mass is 773 g/mol. The summed E-state index contributed by atoms with van der Waals surface area (Å²) in [5.41, 5.74) is 2.08. The summed E-state index contributed by atoms with van der Waals surface area (Å²) in [6.45, 7) is 0. The molecule has 0 unspecified atom stereocenters. The van der Waals surface area contributed by atoms with Crippen molar-refractivity contribution < 1.29 is 0 Å². The topological polar surface area (TPSA) is 37.6 Å². The molecule has 0 bridgehead atoms. The van der Waals surface area contributed by atoms with Gasteiger partial charge < -0.3 is 0 Å². The Balaban J connectivity index is 0.891. The van der Waals surface area contributed by atoms with Gasteiger partial charge in [-0.1, -0.05) is 152 Å². The molecule has 1 heterocycles. The molecule has 0 atom stereocenters. The molecule has 7 aromatic rings. The van der Waals surface area contributed by atoms with Crippen LogP contribution in [-0.2, 0) is 0 Å². The molecule has 0 aliphatic carbocycles. The van der Waals surface area contributed by atoms with E-state index in [1.807, 2.05) is 54.2 Å². The summed E-state index contributed by atoms with van der Waals surface area (Å²) in [4.78, 5) is 16.5. The number of pyridine rings is 1. The molecule has 7 heteroatoms. The molecule has 0 N–H and O–H groups in total. The molecule has 0 saturated heterocycles. The lowest BCUT2D eigenvalue weighted by Crippen LogP contribution is -2.14. The highest BCUT2D eigenvalue weighted by Gasteiger charge is 2.14. The first-order chi connectivity index (χ1) is 26.8. The fraction of sp³-hybridized carbons (Fsp3) is 0.0851. The van der Waals surface area contributed by atoms with Crippen molar-refractivity contribution in [1.29, 1.82) is 0 Å². The van der Waals surface area contributed by atoms with Crippen molar-refractivity contribution in [2.45, 2.75) is 9.79 Å². The number of hydrogen-bond donors (Lipinski definition) is 0. The van der Waals surface area contributed by atoms with Gasteiger partial charge in [0.25, 0.3) is 0 Å². The van der Waals surface area contributed by atoms with Crippen LogP contribution in [0.25, 0.3) is 0 Å². The van der Waals surface area contributed by atoms with E-state index in [9.17, 15) is 0 Å². The zero-order valence-corrected chi connectivity index (χ0v) is 33.4. The minimum absolute atomic E-state index is 0.382. The Bertz CT molecular complexity index is 1980. The van der Waals surface area contributed by atoms with Crippen LogP contribution in [0.3, 0.4) is 0 Å². The molecule has 0 radical (unpaired) electrons. The van der Waals surface area contributed by atoms with E-state index in [1.54, 1.807) is 0 Å². The summed E-state index contributed by atoms with van der Waals surface area (Å²) < 4.78 is 0. The second kappa shape index (κ2) is 20.2. The zero-order chi connectivity index (χ0) is 36.6. The Kier molecular flexibility index (Phi) is 14.1. The van der Waals surface area contributed by atoms with E-state index in [1.165, 1.54) is 31.0 Å². The number of thioether (sulfide) groups is 2. The first-order valence-electron chi connectivity index (χ1n) is 18.0. The molecule has 0 saturated carbocycles. The summed E-state index contributed by atoms with van der Waals surface area (Å²) in [5.74, 6) is 3.40. The summed E-state index contributed by atoms with van der Waals surface area (Å²) in [7, 11) is -0.763. The van der Waals surface area contributed by atoms with Crippen LogP contribution < -0.4 is 21.2 Å². The van der Waals surface area contributed by atoms with Gasteiger partial charge in [-0.15, -0.1) is 23.5 Å². The Hall–Kier alpha value is -4.63. The summed E-state index contributed by atoms with van der Waals surface area (Å²) in [6, 6.07) is 66.7. The average molecular weight is 774 g/mol. The minimum Gasteiger partial charge on any atom is -0.236 e. The van der Waals surface area contributed by atoms with Gasteiger partial charge in [0.15, 0.2) is 11.6 Å². The molecule has 0 fully saturated rings. The molecular weight excluding hydrogens is 733 g/mol. The normalized spacial score (nSPS) is 11.6. The number of aromatic nitrogens is 1. The second-order valence-electron chi connectivity index (χ2n) is 12.4. The fourth-order valence-electron chi connectivity index (χ4n) is 5.89. The van der Waals surface area contributed by atoms with E-state index in [4.69, 9.17) is 0 Å². The van der Waals surface area contributed by atoms with E-state index < -0.39 is 0 Å². The highest BCUT2D eigenvalue weighted by Crippen LogP contribution is 2.36. The van der Waals surface area contributed by atoms with Crippen molar-refractivity contribution in [3.8, 4) is 0 Å². The van der Waals surface area contributed by atoms with Gasteiger partial charge in [0.1, 0.15) is 0 Å². The Morgan fingerprint density at radius 1 is 0.389 bits per heavy atom. The van der Waals surface area contributed by atoms with Gasteiger partial charge in [-0.05, 0) is 96.9 Å². The van der Waals surface area contributed by atoms with Crippen molar-refractivity contribution in [2.24, 2.45) is 9.98 Å². The second-order valence-corrected chi connectivity index (χ2v) is 19.4. The van der Waals surface area contributed by atoms with Gasteiger partial charge >= 0.3 is 0 Å². The van der Waals surface area contributed by atoms with Crippen LogP contribution in [0, 0.1) is 0 Å². The molecule has 6 aromatic carbocycles. The van der Waals surface area contributed by atoms with Crippen molar-refractivity contribution >= 4 is 84.7 Å². The highest BCUT2D eigenvalue weighted by molar-refractivity contribution is 8.00. The highest BCUT2D eigenvalue weighted by atomic mass is 32.2. The van der Waals surface area contributed by atoms with Gasteiger partial charge in [0.2, 0.25) is 0 Å². The van der Waals surface area contributed by atoms with E-state index in [0.29, 0.717) is 11.6 Å². The predicted octanol–water partition coefficient (Wildman–Crippen LogP) is 11.0. The van der Waals surface area contributed by atoms with E-state index in [-0.39, 0.29) is 15.8 Å². The predicted molar refractivity (Wildman–Crippen MR) is 241 cm³/mol. The molecule has 7 rings (SSSR count). The van der Waals surface area contributed by atoms with Crippen LogP contribution in [0.5, 0.6) is 0 Å². The van der Waals surface area contributed by atoms with E-state index in [2.05, 4.69) is 185 Å². The number of hydrogen-bond acceptors (Lipinski definition) is 5. The van der Waals surface area contributed by atoms with Crippen LogP contribution in [-0.4, -0.2) is 41.2 Å². The van der Waals surface area contributed by atoms with Crippen LogP contribution in [0.15, 0.2) is 208 Å². The van der Waals surface area contributed by atoms with Gasteiger partial charge in [-0.25, -0.2) is 15.0 Å². The molecular formula is C47H41N3P2S2. The Morgan fingerprint density at radius 2 is 0.722 bits per heavy atom. The van der Waals surface area contributed by atoms with E-state index in [0.717, 1.165) is 35.0 Å². The van der Waals surface area contributed by atoms with Crippen LogP contribution in [0.1, 0.15) is 11.1 Å². The average Bonchev–Trinajstić information content (AvgIpc) is 3.25. The van der Waals surface area contributed by atoms with Crippen molar-refractivity contribution in [1.82, 2.24) is 4.98 Å². The smallest absolute Gasteiger partial charge is 0.154 e. The van der Waals surface area contributed by atoms with Crippen LogP contribution in [0.4, 0.5) is 11.6 Å². The third kappa shape index (κ3) is 11.2. The first kappa shape index (κ1) is 37.7. The molecule has 266 valence electrons. The molecule has 1 aromatic heterocycles. The molecule has 0 spiro atoms. The maximum absolute atomic E-state index is 4.65. The molecule has 54 heavy (non-hydrogen) atoms. The van der Waals surface area contributed by atoms with Gasteiger partial charge in [0, 0.05) is 33.7 Å². The number of nitrogens with zero attached hydrogens (tertiary/aromatic N) is 3.